The Labute approximate surface area is 245 Å². The normalized spacial score (nSPS) is 18.5. The molecule has 42 heavy (non-hydrogen) atoms. The standard InChI is InChI=1S/C34H36FN5O2/c1-24(37-42)26-9-7-25(8-10-26)22-38-18-15-28(16-19-38)33-32(21-36-40(33)31-13-11-30(35)12-14-31)34(41)39-20-17-29(23-39)27-5-3-2-4-6-27/h2-14,21,28-29,42H,15-20,22-23H2,1H3/b37-24-/t29-/m0/s1. The minimum absolute atomic E-state index is 0.0287. The van der Waals surface area contributed by atoms with Crippen molar-refractivity contribution in [2.45, 2.75) is 44.6 Å². The van der Waals surface area contributed by atoms with Crippen LogP contribution in [0.2, 0.25) is 0 Å². The molecule has 0 aliphatic carbocycles. The highest BCUT2D eigenvalue weighted by Gasteiger charge is 2.34. The van der Waals surface area contributed by atoms with Crippen LogP contribution in [0, 0.1) is 5.82 Å². The van der Waals surface area contributed by atoms with E-state index in [9.17, 15) is 9.18 Å². The fourth-order valence-corrected chi connectivity index (χ4v) is 6.35. The van der Waals surface area contributed by atoms with Crippen molar-refractivity contribution in [1.82, 2.24) is 19.6 Å². The molecule has 6 rings (SSSR count). The van der Waals surface area contributed by atoms with Crippen molar-refractivity contribution in [2.24, 2.45) is 5.16 Å². The maximum atomic E-state index is 14.0. The van der Waals surface area contributed by atoms with E-state index in [1.165, 1.54) is 23.3 Å². The van der Waals surface area contributed by atoms with Crippen LogP contribution >= 0.6 is 0 Å². The lowest BCUT2D eigenvalue weighted by Gasteiger charge is -2.33. The van der Waals surface area contributed by atoms with Crippen molar-refractivity contribution in [3.8, 4) is 5.69 Å². The Kier molecular flexibility index (Phi) is 8.15. The van der Waals surface area contributed by atoms with Crippen LogP contribution in [-0.4, -0.2) is 62.6 Å². The van der Waals surface area contributed by atoms with E-state index in [-0.39, 0.29) is 17.6 Å². The number of halogens is 1. The van der Waals surface area contributed by atoms with E-state index < -0.39 is 0 Å². The molecule has 3 aromatic carbocycles. The summed E-state index contributed by atoms with van der Waals surface area (Å²) in [6, 6.07) is 24.9. The number of amides is 1. The summed E-state index contributed by atoms with van der Waals surface area (Å²) in [5.74, 6) is 0.225. The van der Waals surface area contributed by atoms with Gasteiger partial charge in [0.1, 0.15) is 5.82 Å². The molecule has 3 heterocycles. The summed E-state index contributed by atoms with van der Waals surface area (Å²) in [4.78, 5) is 18.4. The molecule has 1 atom stereocenters. The van der Waals surface area contributed by atoms with Crippen molar-refractivity contribution in [1.29, 1.82) is 0 Å². The number of carbonyl (C=O) groups is 1. The Morgan fingerprint density at radius 2 is 1.62 bits per heavy atom. The lowest BCUT2D eigenvalue weighted by Crippen LogP contribution is -2.34. The average molecular weight is 566 g/mol. The number of oxime groups is 1. The van der Waals surface area contributed by atoms with Crippen molar-refractivity contribution < 1.29 is 14.4 Å². The second kappa shape index (κ2) is 12.3. The molecule has 0 saturated carbocycles. The molecule has 0 unspecified atom stereocenters. The van der Waals surface area contributed by atoms with Crippen molar-refractivity contribution in [2.75, 3.05) is 26.2 Å². The Balaban J connectivity index is 1.20. The van der Waals surface area contributed by atoms with E-state index in [4.69, 9.17) is 5.21 Å². The Bertz CT molecular complexity index is 1540. The first-order valence-electron chi connectivity index (χ1n) is 14.7. The highest BCUT2D eigenvalue weighted by molar-refractivity contribution is 5.98. The summed E-state index contributed by atoms with van der Waals surface area (Å²) in [5.41, 5.74) is 6.32. The maximum absolute atomic E-state index is 14.0. The summed E-state index contributed by atoms with van der Waals surface area (Å²) in [6.45, 7) is 5.82. The molecule has 2 saturated heterocycles. The highest BCUT2D eigenvalue weighted by Crippen LogP contribution is 2.35. The quantitative estimate of drug-likeness (QED) is 0.164. The summed E-state index contributed by atoms with van der Waals surface area (Å²) in [5, 5.41) is 17.0. The van der Waals surface area contributed by atoms with Gasteiger partial charge in [-0.2, -0.15) is 5.10 Å². The summed E-state index contributed by atoms with van der Waals surface area (Å²) in [7, 11) is 0. The molecule has 1 amide bonds. The van der Waals surface area contributed by atoms with Gasteiger partial charge in [-0.1, -0.05) is 59.8 Å². The molecular formula is C34H36FN5O2. The van der Waals surface area contributed by atoms with E-state index >= 15 is 0 Å². The van der Waals surface area contributed by atoms with Gasteiger partial charge in [-0.05, 0) is 80.2 Å². The third kappa shape index (κ3) is 5.85. The van der Waals surface area contributed by atoms with Gasteiger partial charge in [0, 0.05) is 31.5 Å². The summed E-state index contributed by atoms with van der Waals surface area (Å²) < 4.78 is 15.6. The number of rotatable bonds is 7. The Hall–Kier alpha value is -4.30. The second-order valence-electron chi connectivity index (χ2n) is 11.4. The Morgan fingerprint density at radius 3 is 2.31 bits per heavy atom. The third-order valence-corrected chi connectivity index (χ3v) is 8.76. The predicted octanol–water partition coefficient (Wildman–Crippen LogP) is 6.22. The molecule has 1 N–H and O–H groups in total. The van der Waals surface area contributed by atoms with Gasteiger partial charge in [-0.25, -0.2) is 9.07 Å². The van der Waals surface area contributed by atoms with E-state index in [2.05, 4.69) is 51.6 Å². The van der Waals surface area contributed by atoms with E-state index in [1.807, 2.05) is 27.8 Å². The van der Waals surface area contributed by atoms with Gasteiger partial charge in [0.2, 0.25) is 0 Å². The summed E-state index contributed by atoms with van der Waals surface area (Å²) >= 11 is 0. The smallest absolute Gasteiger partial charge is 0.257 e. The number of aromatic nitrogens is 2. The van der Waals surface area contributed by atoms with Gasteiger partial charge >= 0.3 is 0 Å². The van der Waals surface area contributed by atoms with Crippen LogP contribution in [0.3, 0.4) is 0 Å². The van der Waals surface area contributed by atoms with E-state index in [1.54, 1.807) is 25.3 Å². The molecule has 7 nitrogen and oxygen atoms in total. The summed E-state index contributed by atoms with van der Waals surface area (Å²) in [6.07, 6.45) is 4.45. The monoisotopic (exact) mass is 565 g/mol. The van der Waals surface area contributed by atoms with Gasteiger partial charge in [0.15, 0.2) is 0 Å². The van der Waals surface area contributed by atoms with Gasteiger partial charge < -0.3 is 10.1 Å². The topological polar surface area (TPSA) is 74.0 Å². The molecule has 0 radical (unpaired) electrons. The Morgan fingerprint density at radius 1 is 0.929 bits per heavy atom. The number of hydrogen-bond donors (Lipinski definition) is 1. The molecule has 2 fully saturated rings. The van der Waals surface area contributed by atoms with E-state index in [0.29, 0.717) is 23.7 Å². The van der Waals surface area contributed by atoms with Crippen molar-refractivity contribution in [3.63, 3.8) is 0 Å². The first-order valence-corrected chi connectivity index (χ1v) is 14.7. The van der Waals surface area contributed by atoms with Gasteiger partial charge in [0.05, 0.1) is 28.9 Å². The average Bonchev–Trinajstić information content (AvgIpc) is 3.71. The molecule has 216 valence electrons. The SMILES string of the molecule is C/C(=N/O)c1ccc(CN2CCC(c3c(C(=O)N4CC[C@H](c5ccccc5)C4)cnn3-c3ccc(F)cc3)CC2)cc1. The largest absolute Gasteiger partial charge is 0.411 e. The van der Waals surface area contributed by atoms with Crippen molar-refractivity contribution in [3.05, 3.63) is 119 Å². The van der Waals surface area contributed by atoms with Crippen LogP contribution in [0.4, 0.5) is 4.39 Å². The van der Waals surface area contributed by atoms with Crippen molar-refractivity contribution >= 4 is 11.6 Å². The number of benzene rings is 3. The van der Waals surface area contributed by atoms with Crippen LogP contribution < -0.4 is 0 Å². The van der Waals surface area contributed by atoms with Crippen LogP contribution in [-0.2, 0) is 6.54 Å². The molecule has 2 aliphatic rings. The zero-order chi connectivity index (χ0) is 29.1. The minimum Gasteiger partial charge on any atom is -0.411 e. The lowest BCUT2D eigenvalue weighted by molar-refractivity contribution is 0.0788. The third-order valence-electron chi connectivity index (χ3n) is 8.76. The van der Waals surface area contributed by atoms with Gasteiger partial charge in [0.25, 0.3) is 5.91 Å². The zero-order valence-corrected chi connectivity index (χ0v) is 23.9. The minimum atomic E-state index is -0.298. The molecule has 0 bridgehead atoms. The van der Waals surface area contributed by atoms with Gasteiger partial charge in [-0.3, -0.25) is 9.69 Å². The molecule has 8 heteroatoms. The lowest BCUT2D eigenvalue weighted by atomic mass is 9.90. The van der Waals surface area contributed by atoms with Crippen LogP contribution in [0.15, 0.2) is 90.2 Å². The number of carbonyl (C=O) groups excluding carboxylic acids is 1. The molecule has 4 aromatic rings. The van der Waals surface area contributed by atoms with E-state index in [0.717, 1.165) is 62.4 Å². The first kappa shape index (κ1) is 27.8. The number of hydrogen-bond acceptors (Lipinski definition) is 5. The second-order valence-corrected chi connectivity index (χ2v) is 11.4. The fraction of sp³-hybridized carbons (Fsp3) is 0.324. The number of likely N-dealkylation sites (tertiary alicyclic amines) is 2. The van der Waals surface area contributed by atoms with Gasteiger partial charge in [-0.15, -0.1) is 0 Å². The molecule has 0 spiro atoms. The number of nitrogens with zero attached hydrogens (tertiary/aromatic N) is 5. The predicted molar refractivity (Wildman–Crippen MR) is 161 cm³/mol. The van der Waals surface area contributed by atoms with Crippen LogP contribution in [0.5, 0.6) is 0 Å². The highest BCUT2D eigenvalue weighted by atomic mass is 19.1. The van der Waals surface area contributed by atoms with Crippen LogP contribution in [0.1, 0.15) is 70.8 Å². The molecular weight excluding hydrogens is 529 g/mol. The zero-order valence-electron chi connectivity index (χ0n) is 23.9. The fourth-order valence-electron chi connectivity index (χ4n) is 6.35. The number of piperidine rings is 1. The van der Waals surface area contributed by atoms with Crippen LogP contribution in [0.25, 0.3) is 5.69 Å². The first-order chi connectivity index (χ1) is 20.5. The molecule has 2 aliphatic heterocycles. The maximum Gasteiger partial charge on any atom is 0.257 e. The molecule has 1 aromatic heterocycles.